The first-order chi connectivity index (χ1) is 9.15. The van der Waals surface area contributed by atoms with Crippen molar-refractivity contribution in [3.05, 3.63) is 59.4 Å². The maximum atomic E-state index is 13.4. The first-order valence-corrected chi connectivity index (χ1v) is 6.48. The molecule has 0 aliphatic heterocycles. The van der Waals surface area contributed by atoms with Gasteiger partial charge in [0.15, 0.2) is 0 Å². The summed E-state index contributed by atoms with van der Waals surface area (Å²) in [5.41, 5.74) is 9.86. The standard InChI is InChI=1S/C16H19FN2/c1-3-19(15-6-4-5-14(17)10-15)16-8-7-13(11-18)9-12(16)2/h4-10H,3,11,18H2,1-2H3. The summed E-state index contributed by atoms with van der Waals surface area (Å²) >= 11 is 0. The van der Waals surface area contributed by atoms with Gasteiger partial charge in [0.1, 0.15) is 5.82 Å². The highest BCUT2D eigenvalue weighted by atomic mass is 19.1. The molecule has 3 heteroatoms. The molecule has 0 atom stereocenters. The maximum absolute atomic E-state index is 13.4. The Labute approximate surface area is 113 Å². The van der Waals surface area contributed by atoms with Crippen molar-refractivity contribution >= 4 is 11.4 Å². The van der Waals surface area contributed by atoms with Crippen molar-refractivity contribution in [1.82, 2.24) is 0 Å². The number of hydrogen-bond donors (Lipinski definition) is 1. The normalized spacial score (nSPS) is 10.5. The first kappa shape index (κ1) is 13.6. The van der Waals surface area contributed by atoms with E-state index in [1.54, 1.807) is 12.1 Å². The van der Waals surface area contributed by atoms with E-state index in [-0.39, 0.29) is 5.82 Å². The summed E-state index contributed by atoms with van der Waals surface area (Å²) in [5, 5.41) is 0. The van der Waals surface area contributed by atoms with E-state index in [9.17, 15) is 4.39 Å². The Morgan fingerprint density at radius 3 is 2.53 bits per heavy atom. The van der Waals surface area contributed by atoms with Crippen LogP contribution in [0.5, 0.6) is 0 Å². The zero-order valence-corrected chi connectivity index (χ0v) is 11.4. The lowest BCUT2D eigenvalue weighted by Gasteiger charge is -2.25. The second-order valence-electron chi connectivity index (χ2n) is 4.55. The summed E-state index contributed by atoms with van der Waals surface area (Å²) < 4.78 is 13.4. The van der Waals surface area contributed by atoms with Crippen molar-refractivity contribution in [2.24, 2.45) is 5.73 Å². The van der Waals surface area contributed by atoms with Gasteiger partial charge in [-0.1, -0.05) is 18.2 Å². The van der Waals surface area contributed by atoms with E-state index in [1.165, 1.54) is 6.07 Å². The topological polar surface area (TPSA) is 29.3 Å². The molecule has 0 saturated carbocycles. The monoisotopic (exact) mass is 258 g/mol. The van der Waals surface area contributed by atoms with Gasteiger partial charge < -0.3 is 10.6 Å². The summed E-state index contributed by atoms with van der Waals surface area (Å²) in [5.74, 6) is -0.216. The smallest absolute Gasteiger partial charge is 0.125 e. The average Bonchev–Trinajstić information content (AvgIpc) is 2.41. The number of aryl methyl sites for hydroxylation is 1. The number of hydrogen-bond acceptors (Lipinski definition) is 2. The van der Waals surface area contributed by atoms with Gasteiger partial charge in [0.25, 0.3) is 0 Å². The molecule has 0 amide bonds. The zero-order valence-electron chi connectivity index (χ0n) is 11.4. The van der Waals surface area contributed by atoms with Crippen LogP contribution in [0.3, 0.4) is 0 Å². The molecule has 2 rings (SSSR count). The minimum atomic E-state index is -0.216. The van der Waals surface area contributed by atoms with Crippen LogP contribution in [0, 0.1) is 12.7 Å². The Balaban J connectivity index is 2.42. The molecule has 0 aliphatic rings. The Hall–Kier alpha value is -1.87. The number of benzene rings is 2. The molecule has 0 fully saturated rings. The van der Waals surface area contributed by atoms with Crippen LogP contribution in [0.4, 0.5) is 15.8 Å². The predicted molar refractivity (Wildman–Crippen MR) is 78.2 cm³/mol. The lowest BCUT2D eigenvalue weighted by Crippen LogP contribution is -2.17. The predicted octanol–water partition coefficient (Wildman–Crippen LogP) is 3.75. The molecular weight excluding hydrogens is 239 g/mol. The number of nitrogens with two attached hydrogens (primary N) is 1. The lowest BCUT2D eigenvalue weighted by atomic mass is 10.1. The van der Waals surface area contributed by atoms with E-state index in [1.807, 2.05) is 18.2 Å². The molecule has 2 nitrogen and oxygen atoms in total. The van der Waals surface area contributed by atoms with E-state index >= 15 is 0 Å². The summed E-state index contributed by atoms with van der Waals surface area (Å²) in [7, 11) is 0. The summed E-state index contributed by atoms with van der Waals surface area (Å²) in [4.78, 5) is 2.10. The van der Waals surface area contributed by atoms with Crippen LogP contribution in [0.1, 0.15) is 18.1 Å². The fraction of sp³-hybridized carbons (Fsp3) is 0.250. The molecule has 0 bridgehead atoms. The third-order valence-electron chi connectivity index (χ3n) is 3.22. The molecule has 100 valence electrons. The number of anilines is 2. The summed E-state index contributed by atoms with van der Waals surface area (Å²) in [6.45, 7) is 5.43. The van der Waals surface area contributed by atoms with Crippen LogP contribution in [-0.2, 0) is 6.54 Å². The van der Waals surface area contributed by atoms with Crippen LogP contribution in [0.2, 0.25) is 0 Å². The van der Waals surface area contributed by atoms with Crippen molar-refractivity contribution in [3.63, 3.8) is 0 Å². The molecule has 0 heterocycles. The van der Waals surface area contributed by atoms with Crippen LogP contribution in [-0.4, -0.2) is 6.54 Å². The molecule has 0 saturated heterocycles. The van der Waals surface area contributed by atoms with Crippen molar-refractivity contribution in [3.8, 4) is 0 Å². The Morgan fingerprint density at radius 2 is 1.95 bits per heavy atom. The Kier molecular flexibility index (Phi) is 4.17. The number of halogens is 1. The van der Waals surface area contributed by atoms with Gasteiger partial charge in [0.05, 0.1) is 0 Å². The van der Waals surface area contributed by atoms with Gasteiger partial charge in [-0.25, -0.2) is 4.39 Å². The van der Waals surface area contributed by atoms with Crippen LogP contribution >= 0.6 is 0 Å². The second kappa shape index (κ2) is 5.85. The van der Waals surface area contributed by atoms with Gasteiger partial charge >= 0.3 is 0 Å². The minimum absolute atomic E-state index is 0.216. The Morgan fingerprint density at radius 1 is 1.16 bits per heavy atom. The average molecular weight is 258 g/mol. The van der Waals surface area contributed by atoms with E-state index < -0.39 is 0 Å². The van der Waals surface area contributed by atoms with Crippen LogP contribution in [0.25, 0.3) is 0 Å². The molecule has 0 aliphatic carbocycles. The maximum Gasteiger partial charge on any atom is 0.125 e. The van der Waals surface area contributed by atoms with Gasteiger partial charge in [-0.05, 0) is 49.2 Å². The molecule has 0 aromatic heterocycles. The molecule has 0 spiro atoms. The molecule has 19 heavy (non-hydrogen) atoms. The molecule has 2 aromatic rings. The quantitative estimate of drug-likeness (QED) is 0.905. The second-order valence-corrected chi connectivity index (χ2v) is 4.55. The van der Waals surface area contributed by atoms with E-state index in [2.05, 4.69) is 24.8 Å². The van der Waals surface area contributed by atoms with Crippen LogP contribution in [0.15, 0.2) is 42.5 Å². The third-order valence-corrected chi connectivity index (χ3v) is 3.22. The van der Waals surface area contributed by atoms with Gasteiger partial charge in [-0.3, -0.25) is 0 Å². The van der Waals surface area contributed by atoms with E-state index in [4.69, 9.17) is 5.73 Å². The molecular formula is C16H19FN2. The molecule has 2 N–H and O–H groups in total. The summed E-state index contributed by atoms with van der Waals surface area (Å²) in [6, 6.07) is 12.8. The van der Waals surface area contributed by atoms with Gasteiger partial charge in [-0.2, -0.15) is 0 Å². The fourth-order valence-electron chi connectivity index (χ4n) is 2.28. The first-order valence-electron chi connectivity index (χ1n) is 6.48. The highest BCUT2D eigenvalue weighted by Crippen LogP contribution is 2.29. The van der Waals surface area contributed by atoms with Gasteiger partial charge in [0, 0.05) is 24.5 Å². The largest absolute Gasteiger partial charge is 0.341 e. The molecule has 0 radical (unpaired) electrons. The van der Waals surface area contributed by atoms with Crippen molar-refractivity contribution in [2.75, 3.05) is 11.4 Å². The van der Waals surface area contributed by atoms with E-state index in [0.717, 1.165) is 29.0 Å². The molecule has 0 unspecified atom stereocenters. The van der Waals surface area contributed by atoms with Crippen molar-refractivity contribution in [1.29, 1.82) is 0 Å². The number of rotatable bonds is 4. The third kappa shape index (κ3) is 2.93. The van der Waals surface area contributed by atoms with Gasteiger partial charge in [0.2, 0.25) is 0 Å². The molecule has 2 aromatic carbocycles. The summed E-state index contributed by atoms with van der Waals surface area (Å²) in [6.07, 6.45) is 0. The highest BCUT2D eigenvalue weighted by molar-refractivity contribution is 5.66. The minimum Gasteiger partial charge on any atom is -0.341 e. The van der Waals surface area contributed by atoms with Gasteiger partial charge in [-0.15, -0.1) is 0 Å². The SMILES string of the molecule is CCN(c1cccc(F)c1)c1ccc(CN)cc1C. The lowest BCUT2D eigenvalue weighted by molar-refractivity contribution is 0.627. The Bertz CT molecular complexity index is 566. The fourth-order valence-corrected chi connectivity index (χ4v) is 2.28. The van der Waals surface area contributed by atoms with Crippen molar-refractivity contribution in [2.45, 2.75) is 20.4 Å². The van der Waals surface area contributed by atoms with E-state index in [0.29, 0.717) is 6.54 Å². The number of nitrogens with zero attached hydrogens (tertiary/aromatic N) is 1. The highest BCUT2D eigenvalue weighted by Gasteiger charge is 2.10. The van der Waals surface area contributed by atoms with Crippen molar-refractivity contribution < 1.29 is 4.39 Å². The van der Waals surface area contributed by atoms with Crippen LogP contribution < -0.4 is 10.6 Å². The zero-order chi connectivity index (χ0) is 13.8.